The number of rotatable bonds is 3. The van der Waals surface area contributed by atoms with Crippen molar-refractivity contribution in [2.75, 3.05) is 14.2 Å². The Hall–Kier alpha value is -2.09. The quantitative estimate of drug-likeness (QED) is 0.880. The lowest BCUT2D eigenvalue weighted by atomic mass is 9.95. The summed E-state index contributed by atoms with van der Waals surface area (Å²) in [5.74, 6) is 0.264. The number of fused-ring (bicyclic) bond motifs is 1. The van der Waals surface area contributed by atoms with Crippen LogP contribution in [0.25, 0.3) is 0 Å². The summed E-state index contributed by atoms with van der Waals surface area (Å²) in [6.45, 7) is 0. The van der Waals surface area contributed by atoms with Gasteiger partial charge in [-0.1, -0.05) is 30.3 Å². The van der Waals surface area contributed by atoms with Gasteiger partial charge in [0.25, 0.3) is 0 Å². The van der Waals surface area contributed by atoms with Crippen molar-refractivity contribution in [3.05, 3.63) is 53.6 Å². The van der Waals surface area contributed by atoms with Gasteiger partial charge in [0.15, 0.2) is 11.5 Å². The van der Waals surface area contributed by atoms with E-state index in [1.54, 1.807) is 36.4 Å². The van der Waals surface area contributed by atoms with Crippen LogP contribution in [-0.4, -0.2) is 43.1 Å². The van der Waals surface area contributed by atoms with E-state index < -0.39 is 22.2 Å². The van der Waals surface area contributed by atoms with Gasteiger partial charge in [-0.15, -0.1) is 0 Å². The summed E-state index contributed by atoms with van der Waals surface area (Å²) in [5.41, 5.74) is 0.891. The van der Waals surface area contributed by atoms with Gasteiger partial charge in [0, 0.05) is 12.6 Å². The minimum atomic E-state index is -3.69. The molecule has 0 radical (unpaired) electrons. The number of ether oxygens (including phenoxy) is 1. The number of sulfonamides is 1. The summed E-state index contributed by atoms with van der Waals surface area (Å²) in [4.78, 5) is 0.117. The maximum Gasteiger partial charge on any atom is 0.243 e. The highest BCUT2D eigenvalue weighted by Gasteiger charge is 2.41. The van der Waals surface area contributed by atoms with Crippen LogP contribution >= 0.6 is 0 Å². The van der Waals surface area contributed by atoms with Gasteiger partial charge in [-0.2, -0.15) is 4.31 Å². The van der Waals surface area contributed by atoms with Crippen molar-refractivity contribution < 1.29 is 23.4 Å². The zero-order chi connectivity index (χ0) is 17.5. The van der Waals surface area contributed by atoms with E-state index in [-0.39, 0.29) is 17.1 Å². The first kappa shape index (κ1) is 16.8. The van der Waals surface area contributed by atoms with Gasteiger partial charge in [-0.25, -0.2) is 8.42 Å². The normalized spacial score (nSPS) is 22.8. The lowest BCUT2D eigenvalue weighted by Crippen LogP contribution is -2.46. The molecule has 1 heterocycles. The molecule has 0 spiro atoms. The van der Waals surface area contributed by atoms with Crippen molar-refractivity contribution in [2.45, 2.75) is 23.5 Å². The van der Waals surface area contributed by atoms with E-state index in [9.17, 15) is 18.6 Å². The maximum absolute atomic E-state index is 12.7. The summed E-state index contributed by atoms with van der Waals surface area (Å²) in [7, 11) is -0.805. The fourth-order valence-electron chi connectivity index (χ4n) is 3.06. The van der Waals surface area contributed by atoms with Crippen molar-refractivity contribution in [3.8, 4) is 11.5 Å². The topological polar surface area (TPSA) is 87.1 Å². The molecule has 0 fully saturated rings. The zero-order valence-corrected chi connectivity index (χ0v) is 14.2. The third-order valence-electron chi connectivity index (χ3n) is 4.46. The van der Waals surface area contributed by atoms with Crippen LogP contribution in [0, 0.1) is 0 Å². The predicted octanol–water partition coefficient (Wildman–Crippen LogP) is 1.68. The van der Waals surface area contributed by atoms with E-state index in [4.69, 9.17) is 4.74 Å². The first-order valence-electron chi connectivity index (χ1n) is 7.47. The fraction of sp³-hybridized carbons (Fsp3) is 0.294. The molecule has 0 aliphatic carbocycles. The van der Waals surface area contributed by atoms with Gasteiger partial charge in [0.05, 0.1) is 24.2 Å². The van der Waals surface area contributed by atoms with Gasteiger partial charge in [-0.05, 0) is 24.1 Å². The highest BCUT2D eigenvalue weighted by atomic mass is 32.2. The van der Waals surface area contributed by atoms with Gasteiger partial charge in [0.1, 0.15) is 0 Å². The highest BCUT2D eigenvalue weighted by molar-refractivity contribution is 7.89. The second-order valence-electron chi connectivity index (χ2n) is 5.74. The molecule has 2 aromatic rings. The molecule has 128 valence electrons. The number of hydrogen-bond acceptors (Lipinski definition) is 5. The highest BCUT2D eigenvalue weighted by Crippen LogP contribution is 2.39. The molecular formula is C17H19NO5S. The molecule has 24 heavy (non-hydrogen) atoms. The molecule has 3 rings (SSSR count). The molecule has 1 aliphatic heterocycles. The fourth-order valence-corrected chi connectivity index (χ4v) is 4.66. The third kappa shape index (κ3) is 2.54. The number of aromatic hydroxyl groups is 1. The van der Waals surface area contributed by atoms with Crippen molar-refractivity contribution in [3.63, 3.8) is 0 Å². The van der Waals surface area contributed by atoms with Gasteiger partial charge >= 0.3 is 0 Å². The molecule has 2 N–H and O–H groups in total. The summed E-state index contributed by atoms with van der Waals surface area (Å²) in [6, 6.07) is 10.7. The van der Waals surface area contributed by atoms with Crippen LogP contribution in [0.1, 0.15) is 17.2 Å². The number of para-hydroxylation sites is 1. The lowest BCUT2D eigenvalue weighted by molar-refractivity contribution is 0.0888. The molecule has 0 aromatic heterocycles. The Kier molecular flexibility index (Phi) is 4.25. The number of methoxy groups -OCH3 is 1. The lowest BCUT2D eigenvalue weighted by Gasteiger charge is -2.37. The van der Waals surface area contributed by atoms with Crippen LogP contribution in [0.2, 0.25) is 0 Å². The monoisotopic (exact) mass is 349 g/mol. The number of nitrogens with zero attached hydrogens (tertiary/aromatic N) is 1. The standard InChI is InChI=1S/C17H19NO5S/c1-18-13(10-11-6-5-8-14(23-2)16(11)19)17(20)12-7-3-4-9-15(12)24(18,21)22/h3-9,13,17,19-20H,10H2,1-2H3/t13-,17+/m1/s1. The van der Waals surface area contributed by atoms with E-state index in [0.717, 1.165) is 0 Å². The smallest absolute Gasteiger partial charge is 0.243 e. The van der Waals surface area contributed by atoms with Gasteiger partial charge in [0.2, 0.25) is 10.0 Å². The van der Waals surface area contributed by atoms with Crippen molar-refractivity contribution in [2.24, 2.45) is 0 Å². The van der Waals surface area contributed by atoms with Crippen molar-refractivity contribution >= 4 is 10.0 Å². The minimum Gasteiger partial charge on any atom is -0.504 e. The van der Waals surface area contributed by atoms with Crippen LogP contribution in [0.3, 0.4) is 0 Å². The van der Waals surface area contributed by atoms with E-state index >= 15 is 0 Å². The molecule has 2 atom stereocenters. The number of phenolic OH excluding ortho intramolecular Hbond substituents is 1. The second-order valence-corrected chi connectivity index (χ2v) is 7.71. The third-order valence-corrected chi connectivity index (χ3v) is 6.41. The summed E-state index contributed by atoms with van der Waals surface area (Å²) < 4.78 is 31.6. The van der Waals surface area contributed by atoms with Crippen LogP contribution in [0.5, 0.6) is 11.5 Å². The molecule has 0 bridgehead atoms. The van der Waals surface area contributed by atoms with Crippen molar-refractivity contribution in [1.82, 2.24) is 4.31 Å². The summed E-state index contributed by atoms with van der Waals surface area (Å²) >= 11 is 0. The van der Waals surface area contributed by atoms with Gasteiger partial charge in [-0.3, -0.25) is 0 Å². The SMILES string of the molecule is COc1cccc(C[C@@H]2[C@@H](O)c3ccccc3S(=O)(=O)N2C)c1O. The zero-order valence-electron chi connectivity index (χ0n) is 13.4. The molecule has 0 saturated heterocycles. The molecule has 0 amide bonds. The molecule has 1 aliphatic rings. The Morgan fingerprint density at radius 3 is 2.58 bits per heavy atom. The summed E-state index contributed by atoms with van der Waals surface area (Å²) in [5, 5.41) is 20.9. The maximum atomic E-state index is 12.7. The Morgan fingerprint density at radius 1 is 1.17 bits per heavy atom. The van der Waals surface area contributed by atoms with E-state index in [1.165, 1.54) is 24.5 Å². The molecule has 0 saturated carbocycles. The minimum absolute atomic E-state index is 0.0446. The Balaban J connectivity index is 2.04. The number of likely N-dealkylation sites (N-methyl/N-ethyl adjacent to an activating group) is 1. The van der Waals surface area contributed by atoms with Crippen LogP contribution in [0.15, 0.2) is 47.4 Å². The average molecular weight is 349 g/mol. The van der Waals surface area contributed by atoms with E-state index in [0.29, 0.717) is 16.9 Å². The largest absolute Gasteiger partial charge is 0.504 e. The Labute approximate surface area is 141 Å². The van der Waals surface area contributed by atoms with E-state index in [2.05, 4.69) is 0 Å². The van der Waals surface area contributed by atoms with Gasteiger partial charge < -0.3 is 14.9 Å². The first-order chi connectivity index (χ1) is 11.4. The molecule has 6 nitrogen and oxygen atoms in total. The van der Waals surface area contributed by atoms with Crippen molar-refractivity contribution in [1.29, 1.82) is 0 Å². The molecular weight excluding hydrogens is 330 g/mol. The number of benzene rings is 2. The number of aliphatic hydroxyl groups is 1. The number of aliphatic hydroxyl groups excluding tert-OH is 1. The Morgan fingerprint density at radius 2 is 1.88 bits per heavy atom. The number of phenols is 1. The first-order valence-corrected chi connectivity index (χ1v) is 8.91. The van der Waals surface area contributed by atoms with Crippen LogP contribution < -0.4 is 4.74 Å². The summed E-state index contributed by atoms with van der Waals surface area (Å²) in [6.07, 6.45) is -0.825. The molecule has 0 unspecified atom stereocenters. The average Bonchev–Trinajstić information content (AvgIpc) is 2.58. The van der Waals surface area contributed by atoms with Crippen LogP contribution in [0.4, 0.5) is 0 Å². The Bertz CT molecular complexity index is 865. The van der Waals surface area contributed by atoms with E-state index in [1.807, 2.05) is 0 Å². The molecule has 2 aromatic carbocycles. The predicted molar refractivity (Wildman–Crippen MR) is 88.5 cm³/mol. The number of hydrogen-bond donors (Lipinski definition) is 2. The second kappa shape index (κ2) is 6.08. The molecule has 7 heteroatoms. The van der Waals surface area contributed by atoms with Crippen LogP contribution in [-0.2, 0) is 16.4 Å².